The number of benzene rings is 1. The summed E-state index contributed by atoms with van der Waals surface area (Å²) in [5, 5.41) is 28.3. The second-order valence-electron chi connectivity index (χ2n) is 3.06. The van der Waals surface area contributed by atoms with Gasteiger partial charge in [-0.15, -0.1) is 0 Å². The van der Waals surface area contributed by atoms with E-state index in [9.17, 15) is 14.9 Å². The number of carboxylic acids is 1. The van der Waals surface area contributed by atoms with Crippen molar-refractivity contribution < 1.29 is 14.8 Å². The van der Waals surface area contributed by atoms with Gasteiger partial charge in [-0.3, -0.25) is 10.1 Å². The lowest BCUT2D eigenvalue weighted by Crippen LogP contribution is -2.03. The van der Waals surface area contributed by atoms with E-state index in [2.05, 4.69) is 0 Å². The molecule has 0 aliphatic carbocycles. The Labute approximate surface area is 90.9 Å². The summed E-state index contributed by atoms with van der Waals surface area (Å²) in [5.41, 5.74) is -0.391. The van der Waals surface area contributed by atoms with Crippen LogP contribution in [0.4, 0.5) is 5.69 Å². The second-order valence-corrected chi connectivity index (χ2v) is 3.06. The van der Waals surface area contributed by atoms with Crippen molar-refractivity contribution in [1.82, 2.24) is 0 Å². The first kappa shape index (κ1) is 11.7. The molecule has 0 aromatic heterocycles. The van der Waals surface area contributed by atoms with Crippen molar-refractivity contribution in [3.05, 3.63) is 38.9 Å². The minimum Gasteiger partial charge on any atom is -0.478 e. The summed E-state index contributed by atoms with van der Waals surface area (Å²) in [6, 6.07) is 3.88. The largest absolute Gasteiger partial charge is 0.478 e. The highest BCUT2D eigenvalue weighted by atomic mass is 16.6. The Kier molecular flexibility index (Phi) is 3.20. The van der Waals surface area contributed by atoms with Gasteiger partial charge in [0.15, 0.2) is 0 Å². The Morgan fingerprint density at radius 1 is 1.62 bits per heavy atom. The van der Waals surface area contributed by atoms with E-state index in [1.165, 1.54) is 6.07 Å². The van der Waals surface area contributed by atoms with Crippen molar-refractivity contribution in [2.75, 3.05) is 0 Å². The maximum absolute atomic E-state index is 10.7. The Bertz CT molecular complexity index is 502. The lowest BCUT2D eigenvalue weighted by Gasteiger charge is -2.03. The van der Waals surface area contributed by atoms with E-state index in [0.717, 1.165) is 6.07 Å². The van der Waals surface area contributed by atoms with Crippen LogP contribution in [0.5, 0.6) is 0 Å². The third kappa shape index (κ3) is 1.98. The Hall–Kier alpha value is -2.42. The molecule has 16 heavy (non-hydrogen) atoms. The Balaban J connectivity index is 3.57. The molecule has 0 aliphatic rings. The highest BCUT2D eigenvalue weighted by Gasteiger charge is 2.21. The normalized spacial score (nSPS) is 9.50. The highest BCUT2D eigenvalue weighted by Crippen LogP contribution is 2.25. The Morgan fingerprint density at radius 2 is 2.25 bits per heavy atom. The fourth-order valence-electron chi connectivity index (χ4n) is 1.39. The van der Waals surface area contributed by atoms with Crippen LogP contribution in [0.15, 0.2) is 12.1 Å². The molecule has 1 aromatic carbocycles. The predicted molar refractivity (Wildman–Crippen MR) is 54.1 cm³/mol. The number of carboxylic acid groups (broad SMARTS) is 1. The summed E-state index contributed by atoms with van der Waals surface area (Å²) in [6.45, 7) is 1.66. The van der Waals surface area contributed by atoms with Crippen LogP contribution in [0.1, 0.15) is 28.4 Å². The lowest BCUT2D eigenvalue weighted by molar-refractivity contribution is -0.385. The van der Waals surface area contributed by atoms with Crippen molar-refractivity contribution >= 4 is 11.7 Å². The molecule has 6 nitrogen and oxygen atoms in total. The molecule has 0 saturated heterocycles. The van der Waals surface area contributed by atoms with Crippen LogP contribution in [0, 0.1) is 21.4 Å². The maximum Gasteiger partial charge on any atom is 0.335 e. The van der Waals surface area contributed by atoms with Gasteiger partial charge in [0.25, 0.3) is 5.69 Å². The summed E-state index contributed by atoms with van der Waals surface area (Å²) in [7, 11) is 0. The minimum atomic E-state index is -1.21. The van der Waals surface area contributed by atoms with E-state index in [4.69, 9.17) is 10.4 Å². The first-order valence-electron chi connectivity index (χ1n) is 4.46. The van der Waals surface area contributed by atoms with Crippen LogP contribution in [-0.4, -0.2) is 16.0 Å². The third-order valence-electron chi connectivity index (χ3n) is 2.12. The number of nitriles is 1. The topological polar surface area (TPSA) is 104 Å². The molecular formula is C10H8N2O4. The number of nitro groups is 1. The van der Waals surface area contributed by atoms with Gasteiger partial charge in [0.05, 0.1) is 10.5 Å². The second kappa shape index (κ2) is 4.40. The molecule has 0 unspecified atom stereocenters. The van der Waals surface area contributed by atoms with Crippen LogP contribution in [-0.2, 0) is 6.42 Å². The van der Waals surface area contributed by atoms with Crippen LogP contribution < -0.4 is 0 Å². The maximum atomic E-state index is 10.7. The number of aromatic carboxylic acids is 1. The smallest absolute Gasteiger partial charge is 0.335 e. The Morgan fingerprint density at radius 3 is 2.62 bits per heavy atom. The van der Waals surface area contributed by atoms with Crippen molar-refractivity contribution in [3.63, 3.8) is 0 Å². The van der Waals surface area contributed by atoms with Gasteiger partial charge in [-0.25, -0.2) is 4.79 Å². The molecule has 0 aliphatic heterocycles. The van der Waals surface area contributed by atoms with Gasteiger partial charge in [-0.2, -0.15) is 5.26 Å². The highest BCUT2D eigenvalue weighted by molar-refractivity contribution is 5.89. The molecule has 0 fully saturated rings. The molecule has 0 radical (unpaired) electrons. The first-order chi connectivity index (χ1) is 7.51. The molecular weight excluding hydrogens is 212 g/mol. The molecule has 0 bridgehead atoms. The summed E-state index contributed by atoms with van der Waals surface area (Å²) in [6.07, 6.45) is 0.298. The molecule has 82 valence electrons. The SMILES string of the molecule is CCc1cc(C(=O)O)cc(C#N)c1[N+](=O)[O-]. The number of aryl methyl sites for hydroxylation is 1. The zero-order valence-electron chi connectivity index (χ0n) is 8.43. The minimum absolute atomic E-state index is 0.112. The van der Waals surface area contributed by atoms with E-state index in [1.54, 1.807) is 13.0 Å². The molecule has 0 saturated carbocycles. The van der Waals surface area contributed by atoms with Crippen LogP contribution in [0.25, 0.3) is 0 Å². The summed E-state index contributed by atoms with van der Waals surface area (Å²) < 4.78 is 0. The van der Waals surface area contributed by atoms with Gasteiger partial charge in [-0.1, -0.05) is 6.92 Å². The number of rotatable bonds is 3. The molecule has 0 heterocycles. The fraction of sp³-hybridized carbons (Fsp3) is 0.200. The lowest BCUT2D eigenvalue weighted by atomic mass is 10.0. The molecule has 6 heteroatoms. The zero-order valence-corrected chi connectivity index (χ0v) is 8.43. The fourth-order valence-corrected chi connectivity index (χ4v) is 1.39. The van der Waals surface area contributed by atoms with Crippen LogP contribution in [0.3, 0.4) is 0 Å². The number of hydrogen-bond acceptors (Lipinski definition) is 4. The van der Waals surface area contributed by atoms with E-state index in [1.807, 2.05) is 0 Å². The van der Waals surface area contributed by atoms with Gasteiger partial charge in [-0.05, 0) is 18.6 Å². The van der Waals surface area contributed by atoms with Crippen molar-refractivity contribution in [1.29, 1.82) is 5.26 Å². The van der Waals surface area contributed by atoms with Gasteiger partial charge in [0.2, 0.25) is 0 Å². The van der Waals surface area contributed by atoms with Crippen molar-refractivity contribution in [2.45, 2.75) is 13.3 Å². The zero-order chi connectivity index (χ0) is 12.3. The van der Waals surface area contributed by atoms with E-state index < -0.39 is 10.9 Å². The standard InChI is InChI=1S/C10H8N2O4/c1-2-6-3-7(10(13)14)4-8(5-11)9(6)12(15)16/h3-4H,2H2,1H3,(H,13,14). The molecule has 0 amide bonds. The summed E-state index contributed by atoms with van der Waals surface area (Å²) in [5.74, 6) is -1.21. The number of nitro benzene ring substituents is 1. The van der Waals surface area contributed by atoms with Crippen LogP contribution in [0.2, 0.25) is 0 Å². The summed E-state index contributed by atoms with van der Waals surface area (Å²) in [4.78, 5) is 20.8. The number of carbonyl (C=O) groups is 1. The van der Waals surface area contributed by atoms with Gasteiger partial charge < -0.3 is 5.11 Å². The monoisotopic (exact) mass is 220 g/mol. The average molecular weight is 220 g/mol. The molecule has 1 aromatic rings. The van der Waals surface area contributed by atoms with Crippen LogP contribution >= 0.6 is 0 Å². The number of nitrogens with zero attached hydrogens (tertiary/aromatic N) is 2. The summed E-state index contributed by atoms with van der Waals surface area (Å²) >= 11 is 0. The van der Waals surface area contributed by atoms with Gasteiger partial charge >= 0.3 is 5.97 Å². The molecule has 0 atom stereocenters. The van der Waals surface area contributed by atoms with Gasteiger partial charge in [0, 0.05) is 5.56 Å². The van der Waals surface area contributed by atoms with E-state index in [-0.39, 0.29) is 22.4 Å². The van der Waals surface area contributed by atoms with E-state index in [0.29, 0.717) is 6.42 Å². The van der Waals surface area contributed by atoms with Crippen molar-refractivity contribution in [2.24, 2.45) is 0 Å². The van der Waals surface area contributed by atoms with Crippen molar-refractivity contribution in [3.8, 4) is 6.07 Å². The molecule has 1 rings (SSSR count). The quantitative estimate of drug-likeness (QED) is 0.616. The van der Waals surface area contributed by atoms with Gasteiger partial charge in [0.1, 0.15) is 11.6 Å². The third-order valence-corrected chi connectivity index (χ3v) is 2.12. The predicted octanol–water partition coefficient (Wildman–Crippen LogP) is 1.73. The van der Waals surface area contributed by atoms with E-state index >= 15 is 0 Å². The molecule has 0 spiro atoms. The first-order valence-corrected chi connectivity index (χ1v) is 4.46. The number of hydrogen-bond donors (Lipinski definition) is 1. The average Bonchev–Trinajstić information content (AvgIpc) is 2.26. The molecule has 1 N–H and O–H groups in total.